The van der Waals surface area contributed by atoms with E-state index in [9.17, 15) is 13.2 Å². The molecule has 0 aromatic heterocycles. The molecule has 18 heavy (non-hydrogen) atoms. The third-order valence-corrected chi connectivity index (χ3v) is 4.69. The zero-order chi connectivity index (χ0) is 14.0. The Bertz CT molecular complexity index is 404. The summed E-state index contributed by atoms with van der Waals surface area (Å²) in [5.74, 6) is -0.283. The van der Waals surface area contributed by atoms with Crippen molar-refractivity contribution in [3.05, 3.63) is 0 Å². The fraction of sp³-hybridized carbons (Fsp3) is 0.917. The maximum atomic E-state index is 11.9. The molecule has 0 spiro atoms. The first-order chi connectivity index (χ1) is 8.12. The van der Waals surface area contributed by atoms with Gasteiger partial charge in [0.1, 0.15) is 9.84 Å². The van der Waals surface area contributed by atoms with Gasteiger partial charge in [0.05, 0.1) is 11.8 Å². The Labute approximate surface area is 109 Å². The summed E-state index contributed by atoms with van der Waals surface area (Å²) in [4.78, 5) is 11.9. The van der Waals surface area contributed by atoms with Crippen LogP contribution in [-0.2, 0) is 14.6 Å². The molecule has 0 aromatic rings. The summed E-state index contributed by atoms with van der Waals surface area (Å²) in [5.41, 5.74) is 5.82. The molecule has 0 aliphatic heterocycles. The molecule has 1 aliphatic rings. The summed E-state index contributed by atoms with van der Waals surface area (Å²) in [5, 5.41) is 2.95. The van der Waals surface area contributed by atoms with Gasteiger partial charge in [-0.2, -0.15) is 0 Å². The van der Waals surface area contributed by atoms with Crippen molar-refractivity contribution in [1.82, 2.24) is 5.32 Å². The summed E-state index contributed by atoms with van der Waals surface area (Å²) < 4.78 is 22.0. The van der Waals surface area contributed by atoms with Gasteiger partial charge < -0.3 is 11.1 Å². The van der Waals surface area contributed by atoms with Crippen LogP contribution in [-0.4, -0.2) is 38.4 Å². The first-order valence-corrected chi connectivity index (χ1v) is 8.41. The second-order valence-corrected chi connectivity index (χ2v) is 8.23. The number of carbonyl (C=O) groups is 1. The Hall–Kier alpha value is -0.620. The quantitative estimate of drug-likeness (QED) is 0.762. The number of nitrogens with one attached hydrogen (secondary N) is 1. The Morgan fingerprint density at radius 1 is 1.50 bits per heavy atom. The number of sulfone groups is 1. The van der Waals surface area contributed by atoms with E-state index in [1.807, 2.05) is 0 Å². The maximum absolute atomic E-state index is 11.9. The summed E-state index contributed by atoms with van der Waals surface area (Å²) >= 11 is 0. The lowest BCUT2D eigenvalue weighted by Gasteiger charge is -2.28. The normalized spacial score (nSPS) is 24.8. The number of rotatable bonds is 5. The molecular formula is C12H24N2O3S. The van der Waals surface area contributed by atoms with Crippen molar-refractivity contribution >= 4 is 15.7 Å². The Morgan fingerprint density at radius 3 is 2.56 bits per heavy atom. The van der Waals surface area contributed by atoms with E-state index in [-0.39, 0.29) is 29.5 Å². The minimum absolute atomic E-state index is 0.0460. The van der Waals surface area contributed by atoms with Crippen LogP contribution in [0, 0.1) is 5.41 Å². The van der Waals surface area contributed by atoms with Crippen LogP contribution in [0.1, 0.15) is 39.5 Å². The molecule has 1 saturated carbocycles. The molecule has 5 nitrogen and oxygen atoms in total. The van der Waals surface area contributed by atoms with Crippen molar-refractivity contribution in [2.24, 2.45) is 11.1 Å². The van der Waals surface area contributed by atoms with Crippen LogP contribution in [0.5, 0.6) is 0 Å². The van der Waals surface area contributed by atoms with E-state index in [1.54, 1.807) is 0 Å². The summed E-state index contributed by atoms with van der Waals surface area (Å²) in [6.45, 7) is 4.26. The van der Waals surface area contributed by atoms with E-state index < -0.39 is 15.9 Å². The molecule has 0 radical (unpaired) electrons. The van der Waals surface area contributed by atoms with E-state index in [0.717, 1.165) is 25.5 Å². The lowest BCUT2D eigenvalue weighted by atomic mass is 9.87. The molecule has 106 valence electrons. The van der Waals surface area contributed by atoms with E-state index in [1.165, 1.54) is 0 Å². The zero-order valence-electron chi connectivity index (χ0n) is 11.4. The van der Waals surface area contributed by atoms with E-state index in [2.05, 4.69) is 19.2 Å². The minimum atomic E-state index is -3.06. The van der Waals surface area contributed by atoms with E-state index >= 15 is 0 Å². The smallest absolute Gasteiger partial charge is 0.237 e. The van der Waals surface area contributed by atoms with Crippen LogP contribution in [0.3, 0.4) is 0 Å². The van der Waals surface area contributed by atoms with Crippen molar-refractivity contribution in [2.75, 3.05) is 12.0 Å². The van der Waals surface area contributed by atoms with Gasteiger partial charge in [-0.05, 0) is 24.7 Å². The number of nitrogens with two attached hydrogens (primary N) is 1. The summed E-state index contributed by atoms with van der Waals surface area (Å²) in [7, 11) is -3.06. The predicted molar refractivity (Wildman–Crippen MR) is 71.9 cm³/mol. The van der Waals surface area contributed by atoms with Crippen LogP contribution in [0.25, 0.3) is 0 Å². The number of hydrogen-bond acceptors (Lipinski definition) is 4. The Morgan fingerprint density at radius 2 is 2.11 bits per heavy atom. The lowest BCUT2D eigenvalue weighted by Crippen LogP contribution is -2.49. The average molecular weight is 276 g/mol. The number of hydrogen-bond donors (Lipinski definition) is 2. The van der Waals surface area contributed by atoms with Crippen LogP contribution in [0.4, 0.5) is 0 Å². The molecule has 0 aromatic carbocycles. The van der Waals surface area contributed by atoms with E-state index in [0.29, 0.717) is 0 Å². The van der Waals surface area contributed by atoms with Crippen molar-refractivity contribution in [3.63, 3.8) is 0 Å². The van der Waals surface area contributed by atoms with Crippen molar-refractivity contribution in [3.8, 4) is 0 Å². The Kier molecular flexibility index (Phi) is 4.78. The molecule has 1 aliphatic carbocycles. The van der Waals surface area contributed by atoms with Gasteiger partial charge >= 0.3 is 0 Å². The monoisotopic (exact) mass is 276 g/mol. The van der Waals surface area contributed by atoms with Gasteiger partial charge in [-0.3, -0.25) is 4.79 Å². The predicted octanol–water partition coefficient (Wildman–Crippen LogP) is 0.443. The van der Waals surface area contributed by atoms with Crippen molar-refractivity contribution in [2.45, 2.75) is 51.6 Å². The highest BCUT2D eigenvalue weighted by atomic mass is 32.2. The molecule has 1 amide bonds. The first-order valence-electron chi connectivity index (χ1n) is 6.35. The second-order valence-electron chi connectivity index (χ2n) is 5.97. The van der Waals surface area contributed by atoms with Gasteiger partial charge in [0.25, 0.3) is 0 Å². The van der Waals surface area contributed by atoms with Crippen LogP contribution >= 0.6 is 0 Å². The molecule has 0 bridgehead atoms. The molecule has 1 rings (SSSR count). The van der Waals surface area contributed by atoms with Gasteiger partial charge in [0.2, 0.25) is 5.91 Å². The average Bonchev–Trinajstić information content (AvgIpc) is 2.53. The maximum Gasteiger partial charge on any atom is 0.237 e. The van der Waals surface area contributed by atoms with E-state index in [4.69, 9.17) is 5.73 Å². The topological polar surface area (TPSA) is 89.3 Å². The van der Waals surface area contributed by atoms with Crippen molar-refractivity contribution < 1.29 is 13.2 Å². The molecular weight excluding hydrogens is 252 g/mol. The molecule has 2 unspecified atom stereocenters. The highest BCUT2D eigenvalue weighted by molar-refractivity contribution is 7.90. The SMILES string of the molecule is CC1(C)CCCC1NC(=O)C(N)CCS(C)(=O)=O. The van der Waals surface area contributed by atoms with Gasteiger partial charge in [0.15, 0.2) is 0 Å². The largest absolute Gasteiger partial charge is 0.351 e. The third kappa shape index (κ3) is 4.57. The molecule has 6 heteroatoms. The lowest BCUT2D eigenvalue weighted by molar-refractivity contribution is -0.123. The Balaban J connectivity index is 2.45. The standard InChI is InChI=1S/C12H24N2O3S/c1-12(2)7-4-5-10(12)14-11(15)9(13)6-8-18(3,16)17/h9-10H,4-8,13H2,1-3H3,(H,14,15). The fourth-order valence-electron chi connectivity index (χ4n) is 2.35. The van der Waals surface area contributed by atoms with Crippen LogP contribution < -0.4 is 11.1 Å². The molecule has 2 atom stereocenters. The molecule has 1 fully saturated rings. The molecule has 0 heterocycles. The van der Waals surface area contributed by atoms with Crippen molar-refractivity contribution in [1.29, 1.82) is 0 Å². The van der Waals surface area contributed by atoms with Crippen LogP contribution in [0.2, 0.25) is 0 Å². The van der Waals surface area contributed by atoms with Crippen LogP contribution in [0.15, 0.2) is 0 Å². The van der Waals surface area contributed by atoms with Gasteiger partial charge in [-0.15, -0.1) is 0 Å². The highest BCUT2D eigenvalue weighted by Crippen LogP contribution is 2.37. The summed E-state index contributed by atoms with van der Waals surface area (Å²) in [6, 6.07) is -0.592. The summed E-state index contributed by atoms with van der Waals surface area (Å²) in [6.07, 6.45) is 4.50. The van der Waals surface area contributed by atoms with Gasteiger partial charge in [0, 0.05) is 12.3 Å². The first kappa shape index (κ1) is 15.4. The van der Waals surface area contributed by atoms with Gasteiger partial charge in [-0.25, -0.2) is 8.42 Å². The second kappa shape index (κ2) is 5.57. The molecule has 3 N–H and O–H groups in total. The third-order valence-electron chi connectivity index (χ3n) is 3.71. The molecule has 0 saturated heterocycles. The minimum Gasteiger partial charge on any atom is -0.351 e. The number of amides is 1. The fourth-order valence-corrected chi connectivity index (χ4v) is 3.03. The number of carbonyl (C=O) groups excluding carboxylic acids is 1. The highest BCUT2D eigenvalue weighted by Gasteiger charge is 2.36. The van der Waals surface area contributed by atoms with Gasteiger partial charge in [-0.1, -0.05) is 20.3 Å². The zero-order valence-corrected chi connectivity index (χ0v) is 12.2.